The summed E-state index contributed by atoms with van der Waals surface area (Å²) in [4.78, 5) is 0. The molecule has 1 nitrogen and oxygen atoms in total. The quantitative estimate of drug-likeness (QED) is 0.273. The van der Waals surface area contributed by atoms with E-state index in [0.717, 1.165) is 0 Å². The van der Waals surface area contributed by atoms with Crippen LogP contribution in [0, 0.1) is 0 Å². The summed E-state index contributed by atoms with van der Waals surface area (Å²) in [5, 5.41) is 10.2. The molecule has 31 heavy (non-hydrogen) atoms. The van der Waals surface area contributed by atoms with Crippen molar-refractivity contribution in [1.29, 1.82) is 0 Å². The van der Waals surface area contributed by atoms with Crippen LogP contribution < -0.4 is 0 Å². The molecule has 0 N–H and O–H groups in total. The minimum absolute atomic E-state index is 0.590. The lowest BCUT2D eigenvalue weighted by atomic mass is 9.97. The first-order chi connectivity index (χ1) is 15.4. The predicted octanol–water partition coefficient (Wildman–Crippen LogP) is 8.02. The Balaban J connectivity index is 1.37. The Morgan fingerprint density at radius 3 is 1.19 bits per heavy atom. The van der Waals surface area contributed by atoms with Crippen molar-refractivity contribution in [3.8, 4) is 0 Å². The van der Waals surface area contributed by atoms with Crippen molar-refractivity contribution < 1.29 is 4.74 Å². The average molecular weight is 399 g/mol. The monoisotopic (exact) mass is 398 g/mol. The van der Waals surface area contributed by atoms with E-state index in [2.05, 4.69) is 109 Å². The lowest BCUT2D eigenvalue weighted by Gasteiger charge is -2.13. The Kier molecular flexibility index (Phi) is 4.40. The van der Waals surface area contributed by atoms with Crippen molar-refractivity contribution in [2.24, 2.45) is 0 Å². The Morgan fingerprint density at radius 1 is 0.387 bits per heavy atom. The molecule has 6 aromatic carbocycles. The Bertz CT molecular complexity index is 1440. The van der Waals surface area contributed by atoms with Crippen LogP contribution in [-0.2, 0) is 18.0 Å². The summed E-state index contributed by atoms with van der Waals surface area (Å²) in [5.41, 5.74) is 2.47. The van der Waals surface area contributed by atoms with Gasteiger partial charge < -0.3 is 4.74 Å². The van der Waals surface area contributed by atoms with Crippen molar-refractivity contribution in [2.45, 2.75) is 13.2 Å². The zero-order chi connectivity index (χ0) is 20.6. The Labute approximate surface area is 181 Å². The molecule has 0 aliphatic carbocycles. The third-order valence-electron chi connectivity index (χ3n) is 6.22. The van der Waals surface area contributed by atoms with E-state index in [0.29, 0.717) is 13.2 Å². The molecule has 0 saturated heterocycles. The van der Waals surface area contributed by atoms with Gasteiger partial charge in [-0.15, -0.1) is 0 Å². The van der Waals surface area contributed by atoms with E-state index in [4.69, 9.17) is 4.74 Å². The zero-order valence-electron chi connectivity index (χ0n) is 17.2. The second-order valence-electron chi connectivity index (χ2n) is 8.10. The number of fused-ring (bicyclic) bond motifs is 6. The third-order valence-corrected chi connectivity index (χ3v) is 6.22. The molecule has 1 heteroatoms. The summed E-state index contributed by atoms with van der Waals surface area (Å²) in [7, 11) is 0. The maximum absolute atomic E-state index is 6.32. The van der Waals surface area contributed by atoms with Gasteiger partial charge in [0, 0.05) is 0 Å². The molecule has 0 unspecified atom stereocenters. The Hall–Kier alpha value is -3.68. The van der Waals surface area contributed by atoms with Gasteiger partial charge in [-0.05, 0) is 66.3 Å². The minimum Gasteiger partial charge on any atom is -0.372 e. The lowest BCUT2D eigenvalue weighted by molar-refractivity contribution is 0.109. The van der Waals surface area contributed by atoms with E-state index >= 15 is 0 Å². The van der Waals surface area contributed by atoms with Gasteiger partial charge in [-0.3, -0.25) is 0 Å². The van der Waals surface area contributed by atoms with Crippen molar-refractivity contribution >= 4 is 43.1 Å². The molecule has 0 amide bonds. The normalized spacial score (nSPS) is 11.6. The van der Waals surface area contributed by atoms with Gasteiger partial charge in [0.2, 0.25) is 0 Å². The first kappa shape index (κ1) is 18.1. The largest absolute Gasteiger partial charge is 0.372 e. The number of benzene rings is 6. The fraction of sp³-hybridized carbons (Fsp3) is 0.0667. The second kappa shape index (κ2) is 7.54. The molecule has 0 spiro atoms. The van der Waals surface area contributed by atoms with E-state index in [1.807, 2.05) is 0 Å². The van der Waals surface area contributed by atoms with Crippen LogP contribution in [0.2, 0.25) is 0 Å². The molecule has 0 atom stereocenters. The molecule has 0 fully saturated rings. The van der Waals surface area contributed by atoms with Gasteiger partial charge in [0.25, 0.3) is 0 Å². The molecule has 0 aliphatic rings. The van der Waals surface area contributed by atoms with E-state index < -0.39 is 0 Å². The van der Waals surface area contributed by atoms with Crippen LogP contribution in [0.3, 0.4) is 0 Å². The van der Waals surface area contributed by atoms with Crippen LogP contribution in [0.15, 0.2) is 109 Å². The smallest absolute Gasteiger partial charge is 0.0727 e. The van der Waals surface area contributed by atoms with Gasteiger partial charge in [0.05, 0.1) is 13.2 Å². The number of ether oxygens (including phenoxy) is 1. The van der Waals surface area contributed by atoms with Crippen molar-refractivity contribution in [1.82, 2.24) is 0 Å². The van der Waals surface area contributed by atoms with Gasteiger partial charge in [-0.25, -0.2) is 0 Å². The first-order valence-electron chi connectivity index (χ1n) is 10.7. The van der Waals surface area contributed by atoms with Crippen LogP contribution in [0.25, 0.3) is 43.1 Å². The molecule has 0 saturated carbocycles. The maximum atomic E-state index is 6.32. The Morgan fingerprint density at radius 2 is 0.742 bits per heavy atom. The van der Waals surface area contributed by atoms with Crippen molar-refractivity contribution in [2.75, 3.05) is 0 Å². The van der Waals surface area contributed by atoms with Crippen molar-refractivity contribution in [3.05, 3.63) is 120 Å². The second-order valence-corrected chi connectivity index (χ2v) is 8.10. The fourth-order valence-corrected chi connectivity index (χ4v) is 4.77. The topological polar surface area (TPSA) is 9.23 Å². The van der Waals surface area contributed by atoms with Crippen LogP contribution in [0.4, 0.5) is 0 Å². The van der Waals surface area contributed by atoms with Gasteiger partial charge >= 0.3 is 0 Å². The van der Waals surface area contributed by atoms with Gasteiger partial charge in [0.15, 0.2) is 0 Å². The highest BCUT2D eigenvalue weighted by Gasteiger charge is 2.09. The molecule has 0 radical (unpaired) electrons. The average Bonchev–Trinajstić information content (AvgIpc) is 2.84. The fourth-order valence-electron chi connectivity index (χ4n) is 4.77. The highest BCUT2D eigenvalue weighted by molar-refractivity contribution is 6.09. The summed E-state index contributed by atoms with van der Waals surface area (Å²) in [5.74, 6) is 0. The molecule has 148 valence electrons. The van der Waals surface area contributed by atoms with Crippen LogP contribution in [0.1, 0.15) is 11.1 Å². The molecule has 0 aliphatic heterocycles. The minimum atomic E-state index is 0.590. The predicted molar refractivity (Wildman–Crippen MR) is 131 cm³/mol. The van der Waals surface area contributed by atoms with Crippen molar-refractivity contribution in [3.63, 3.8) is 0 Å². The van der Waals surface area contributed by atoms with Crippen LogP contribution in [-0.4, -0.2) is 0 Å². The molecule has 0 bridgehead atoms. The SMILES string of the molecule is c1ccc2c(c1)cc(COCc1cc3ccccc3c3ccccc13)c1ccccc12. The lowest BCUT2D eigenvalue weighted by Crippen LogP contribution is -1.97. The van der Waals surface area contributed by atoms with Gasteiger partial charge in [0.1, 0.15) is 0 Å². The highest BCUT2D eigenvalue weighted by atomic mass is 16.5. The van der Waals surface area contributed by atoms with Crippen LogP contribution in [0.5, 0.6) is 0 Å². The van der Waals surface area contributed by atoms with Gasteiger partial charge in [-0.1, -0.05) is 97.1 Å². The maximum Gasteiger partial charge on any atom is 0.0727 e. The van der Waals surface area contributed by atoms with E-state index in [-0.39, 0.29) is 0 Å². The number of hydrogen-bond acceptors (Lipinski definition) is 1. The summed E-state index contributed by atoms with van der Waals surface area (Å²) in [6.07, 6.45) is 0. The molecular formula is C30H22O. The highest BCUT2D eigenvalue weighted by Crippen LogP contribution is 2.31. The van der Waals surface area contributed by atoms with Gasteiger partial charge in [-0.2, -0.15) is 0 Å². The zero-order valence-corrected chi connectivity index (χ0v) is 17.2. The summed E-state index contributed by atoms with van der Waals surface area (Å²) in [6.45, 7) is 1.18. The molecule has 6 aromatic rings. The number of rotatable bonds is 4. The third kappa shape index (κ3) is 3.15. The molecule has 0 heterocycles. The number of hydrogen-bond donors (Lipinski definition) is 0. The molecular weight excluding hydrogens is 376 g/mol. The van der Waals surface area contributed by atoms with Crippen LogP contribution >= 0.6 is 0 Å². The summed E-state index contributed by atoms with van der Waals surface area (Å²) in [6, 6.07) is 39.0. The van der Waals surface area contributed by atoms with E-state index in [1.54, 1.807) is 0 Å². The van der Waals surface area contributed by atoms with E-state index in [1.165, 1.54) is 54.2 Å². The van der Waals surface area contributed by atoms with E-state index in [9.17, 15) is 0 Å². The summed E-state index contributed by atoms with van der Waals surface area (Å²) >= 11 is 0. The molecule has 0 aromatic heterocycles. The molecule has 6 rings (SSSR count). The standard InChI is InChI=1S/C30H22O/c1-3-11-25-21(9-1)17-23(27-13-5-7-15-29(25)27)19-31-20-24-18-22-10-2-4-12-26(22)30-16-8-6-14-28(24)30/h1-18H,19-20H2. The summed E-state index contributed by atoms with van der Waals surface area (Å²) < 4.78 is 6.32. The first-order valence-corrected chi connectivity index (χ1v) is 10.7.